The molecule has 0 fully saturated rings. The summed E-state index contributed by atoms with van der Waals surface area (Å²) in [6.45, 7) is 0. The lowest BCUT2D eigenvalue weighted by Crippen LogP contribution is -2.51. The van der Waals surface area contributed by atoms with Gasteiger partial charge in [0, 0.05) is 16.2 Å². The molecule has 4 aromatic carbocycles. The monoisotopic (exact) mass is 544 g/mol. The second-order valence-electron chi connectivity index (χ2n) is 9.16. The third-order valence-corrected chi connectivity index (χ3v) is 7.90. The van der Waals surface area contributed by atoms with E-state index in [1.807, 2.05) is 0 Å². The van der Waals surface area contributed by atoms with Crippen molar-refractivity contribution in [2.24, 2.45) is 0 Å². The highest BCUT2D eigenvalue weighted by Crippen LogP contribution is 2.50. The molecule has 0 bridgehead atoms. The van der Waals surface area contributed by atoms with Crippen LogP contribution in [0.3, 0.4) is 0 Å². The normalized spacial score (nSPS) is 15.1. The first-order valence-electron chi connectivity index (χ1n) is 12.1. The molecule has 2 heterocycles. The average Bonchev–Trinajstić information content (AvgIpc) is 3.19. The molecule has 0 aliphatic carbocycles. The van der Waals surface area contributed by atoms with Gasteiger partial charge in [0.2, 0.25) is 0 Å². The Morgan fingerprint density at radius 2 is 1.33 bits per heavy atom. The van der Waals surface area contributed by atoms with Gasteiger partial charge in [0.25, 0.3) is 17.7 Å². The lowest BCUT2D eigenvalue weighted by Gasteiger charge is -2.36. The third kappa shape index (κ3) is 4.28. The molecule has 2 aliphatic heterocycles. The van der Waals surface area contributed by atoms with Gasteiger partial charge in [-0.15, -0.1) is 0 Å². The number of halogens is 3. The van der Waals surface area contributed by atoms with Gasteiger partial charge in [-0.25, -0.2) is 0 Å². The zero-order valence-corrected chi connectivity index (χ0v) is 21.0. The molecule has 0 saturated heterocycles. The number of rotatable bonds is 4. The first-order chi connectivity index (χ1) is 18.7. The topological polar surface area (TPSA) is 57.7 Å². The van der Waals surface area contributed by atoms with E-state index in [0.29, 0.717) is 21.0 Å². The van der Waals surface area contributed by atoms with Crippen LogP contribution < -0.4 is 4.90 Å². The van der Waals surface area contributed by atoms with Gasteiger partial charge in [0.05, 0.1) is 28.1 Å². The molecule has 4 aromatic rings. The van der Waals surface area contributed by atoms with E-state index < -0.39 is 35.5 Å². The highest BCUT2D eigenvalue weighted by molar-refractivity contribution is 7.99. The van der Waals surface area contributed by atoms with Crippen LogP contribution in [0.2, 0.25) is 0 Å². The molecular weight excluding hydrogens is 525 g/mol. The largest absolute Gasteiger partial charge is 0.416 e. The molecule has 0 radical (unpaired) electrons. The number of benzene rings is 4. The predicted octanol–water partition coefficient (Wildman–Crippen LogP) is 6.74. The van der Waals surface area contributed by atoms with Gasteiger partial charge in [-0.1, -0.05) is 66.4 Å². The van der Waals surface area contributed by atoms with Crippen molar-refractivity contribution in [3.63, 3.8) is 0 Å². The number of amides is 3. The van der Waals surface area contributed by atoms with Crippen molar-refractivity contribution >= 4 is 40.9 Å². The summed E-state index contributed by atoms with van der Waals surface area (Å²) in [7, 11) is 0. The fraction of sp³-hybridized carbons (Fsp3) is 0.100. The van der Waals surface area contributed by atoms with Crippen LogP contribution in [-0.4, -0.2) is 28.7 Å². The molecule has 1 unspecified atom stereocenters. The van der Waals surface area contributed by atoms with Crippen LogP contribution in [0.1, 0.15) is 31.8 Å². The van der Waals surface area contributed by atoms with E-state index in [1.165, 1.54) is 34.9 Å². The molecule has 0 aromatic heterocycles. The summed E-state index contributed by atoms with van der Waals surface area (Å²) >= 11 is 1.25. The maximum atomic E-state index is 14.5. The van der Waals surface area contributed by atoms with Crippen LogP contribution >= 0.6 is 11.8 Å². The lowest BCUT2D eigenvalue weighted by molar-refractivity contribution is -0.137. The summed E-state index contributed by atoms with van der Waals surface area (Å²) in [5.74, 6) is -1.91. The Morgan fingerprint density at radius 3 is 2.00 bits per heavy atom. The van der Waals surface area contributed by atoms with E-state index in [2.05, 4.69) is 0 Å². The summed E-state index contributed by atoms with van der Waals surface area (Å²) < 4.78 is 41.2. The number of carbonyl (C=O) groups excluding carboxylic acids is 3. The Bertz CT molecular complexity index is 1600. The van der Waals surface area contributed by atoms with Gasteiger partial charge in [-0.3, -0.25) is 24.2 Å². The van der Waals surface area contributed by atoms with Crippen molar-refractivity contribution in [2.45, 2.75) is 28.4 Å². The van der Waals surface area contributed by atoms with E-state index in [9.17, 15) is 27.6 Å². The summed E-state index contributed by atoms with van der Waals surface area (Å²) in [5, 5.41) is 0. The molecule has 0 saturated carbocycles. The maximum absolute atomic E-state index is 14.5. The van der Waals surface area contributed by atoms with Gasteiger partial charge >= 0.3 is 6.18 Å². The van der Waals surface area contributed by atoms with Crippen LogP contribution in [0, 0.1) is 0 Å². The zero-order chi connectivity index (χ0) is 27.3. The van der Waals surface area contributed by atoms with Gasteiger partial charge < -0.3 is 0 Å². The molecular formula is C30H19F3N2O3S. The molecule has 0 N–H and O–H groups in total. The van der Waals surface area contributed by atoms with Crippen molar-refractivity contribution in [3.05, 3.63) is 119 Å². The summed E-state index contributed by atoms with van der Waals surface area (Å²) in [6.07, 6.45) is -4.64. The molecule has 1 atom stereocenters. The maximum Gasteiger partial charge on any atom is 0.416 e. The molecule has 39 heavy (non-hydrogen) atoms. The summed E-state index contributed by atoms with van der Waals surface area (Å²) in [5.41, 5.74) is 0.586. The van der Waals surface area contributed by atoms with Crippen LogP contribution in [0.25, 0.3) is 0 Å². The number of carbonyl (C=O) groups is 3. The Morgan fingerprint density at radius 1 is 0.744 bits per heavy atom. The first-order valence-corrected chi connectivity index (χ1v) is 12.9. The fourth-order valence-corrected chi connectivity index (χ4v) is 5.97. The highest BCUT2D eigenvalue weighted by atomic mass is 32.2. The number of nitrogens with zero attached hydrogens (tertiary/aromatic N) is 2. The van der Waals surface area contributed by atoms with E-state index in [1.54, 1.807) is 66.7 Å². The van der Waals surface area contributed by atoms with Crippen LogP contribution in [0.5, 0.6) is 0 Å². The van der Waals surface area contributed by atoms with Gasteiger partial charge in [-0.2, -0.15) is 13.2 Å². The van der Waals surface area contributed by atoms with Crippen LogP contribution in [-0.2, 0) is 17.4 Å². The fourth-order valence-electron chi connectivity index (χ4n) is 4.93. The minimum absolute atomic E-state index is 0.00868. The third-order valence-electron chi connectivity index (χ3n) is 6.77. The molecule has 2 aliphatic rings. The molecule has 9 heteroatoms. The van der Waals surface area contributed by atoms with Crippen molar-refractivity contribution in [3.8, 4) is 0 Å². The van der Waals surface area contributed by atoms with E-state index in [-0.39, 0.29) is 23.2 Å². The zero-order valence-electron chi connectivity index (χ0n) is 20.2. The Balaban J connectivity index is 1.51. The second-order valence-corrected chi connectivity index (χ2v) is 10.2. The van der Waals surface area contributed by atoms with E-state index in [4.69, 9.17) is 0 Å². The number of hydrogen-bond donors (Lipinski definition) is 0. The minimum Gasteiger partial charge on any atom is -0.277 e. The average molecular weight is 545 g/mol. The molecule has 5 nitrogen and oxygen atoms in total. The number of alkyl halides is 3. The minimum atomic E-state index is -4.63. The number of para-hydroxylation sites is 1. The van der Waals surface area contributed by atoms with Crippen molar-refractivity contribution in [2.75, 3.05) is 4.90 Å². The van der Waals surface area contributed by atoms with E-state index in [0.717, 1.165) is 17.0 Å². The van der Waals surface area contributed by atoms with E-state index >= 15 is 0 Å². The lowest BCUT2D eigenvalue weighted by atomic mass is 10.0. The Kier molecular flexibility index (Phi) is 6.03. The Labute approximate surface area is 225 Å². The van der Waals surface area contributed by atoms with Crippen molar-refractivity contribution < 1.29 is 27.6 Å². The van der Waals surface area contributed by atoms with Gasteiger partial charge in [0.1, 0.15) is 6.04 Å². The Hall–Kier alpha value is -4.37. The highest BCUT2D eigenvalue weighted by Gasteiger charge is 2.45. The SMILES string of the molecule is O=C(C(Cc1ccccc1)N1C(=O)c2ccccc2C1=O)N1c2ccccc2Sc2ccc(C(F)(F)F)cc21. The number of anilines is 2. The van der Waals surface area contributed by atoms with Crippen molar-refractivity contribution in [1.82, 2.24) is 4.90 Å². The summed E-state index contributed by atoms with van der Waals surface area (Å²) in [4.78, 5) is 44.8. The van der Waals surface area contributed by atoms with Gasteiger partial charge in [0.15, 0.2) is 0 Å². The second kappa shape index (κ2) is 9.43. The van der Waals surface area contributed by atoms with Crippen molar-refractivity contribution in [1.29, 1.82) is 0 Å². The molecule has 3 amide bonds. The van der Waals surface area contributed by atoms with Crippen LogP contribution in [0.4, 0.5) is 24.5 Å². The molecule has 194 valence electrons. The predicted molar refractivity (Wildman–Crippen MR) is 140 cm³/mol. The number of imide groups is 1. The number of hydrogen-bond acceptors (Lipinski definition) is 4. The number of fused-ring (bicyclic) bond motifs is 3. The standard InChI is InChI=1S/C30H19F3N2O3S/c31-30(32,33)19-14-15-26-23(17-19)34(22-12-6-7-13-25(22)39-26)29(38)24(16-18-8-2-1-3-9-18)35-27(36)20-10-4-5-11-21(20)28(35)37/h1-15,17,24H,16H2. The smallest absolute Gasteiger partial charge is 0.277 e. The first kappa shape index (κ1) is 24.9. The van der Waals surface area contributed by atoms with Gasteiger partial charge in [-0.05, 0) is 48.0 Å². The molecule has 0 spiro atoms. The van der Waals surface area contributed by atoms with Crippen LogP contribution in [0.15, 0.2) is 107 Å². The summed E-state index contributed by atoms with van der Waals surface area (Å²) in [6, 6.07) is 24.0. The quantitative estimate of drug-likeness (QED) is 0.267. The molecule has 6 rings (SSSR count).